The van der Waals surface area contributed by atoms with Crippen LogP contribution in [0.1, 0.15) is 43.9 Å². The normalized spacial score (nSPS) is 12.8. The van der Waals surface area contributed by atoms with Gasteiger partial charge < -0.3 is 15.0 Å². The quantitative estimate of drug-likeness (QED) is 0.297. The molecule has 1 N–H and O–H groups in total. The molecular formula is C31H38ClN3O5S. The number of sulfonamides is 1. The first-order valence-electron chi connectivity index (χ1n) is 13.5. The van der Waals surface area contributed by atoms with Crippen molar-refractivity contribution < 1.29 is 22.7 Å². The monoisotopic (exact) mass is 599 g/mol. The molecule has 0 aliphatic rings. The van der Waals surface area contributed by atoms with Crippen LogP contribution in [-0.2, 0) is 26.2 Å². The molecule has 0 fully saturated rings. The van der Waals surface area contributed by atoms with Gasteiger partial charge in [0, 0.05) is 17.6 Å². The predicted molar refractivity (Wildman–Crippen MR) is 163 cm³/mol. The van der Waals surface area contributed by atoms with E-state index in [-0.39, 0.29) is 29.1 Å². The number of methoxy groups -OCH3 is 1. The van der Waals surface area contributed by atoms with Crippen molar-refractivity contribution in [1.82, 2.24) is 10.2 Å². The molecule has 8 nitrogen and oxygen atoms in total. The highest BCUT2D eigenvalue weighted by Crippen LogP contribution is 2.30. The summed E-state index contributed by atoms with van der Waals surface area (Å²) in [4.78, 5) is 28.7. The van der Waals surface area contributed by atoms with Crippen molar-refractivity contribution in [3.63, 3.8) is 0 Å². The van der Waals surface area contributed by atoms with E-state index in [4.69, 9.17) is 16.3 Å². The minimum absolute atomic E-state index is 0.0412. The summed E-state index contributed by atoms with van der Waals surface area (Å²) in [6.07, 6.45) is 0.724. The van der Waals surface area contributed by atoms with Gasteiger partial charge in [-0.1, -0.05) is 54.4 Å². The Kier molecular flexibility index (Phi) is 10.8. The van der Waals surface area contributed by atoms with E-state index in [0.29, 0.717) is 16.3 Å². The van der Waals surface area contributed by atoms with Crippen molar-refractivity contribution in [2.24, 2.45) is 0 Å². The molecule has 0 aliphatic heterocycles. The molecule has 0 aliphatic carbocycles. The highest BCUT2D eigenvalue weighted by Gasteiger charge is 2.33. The van der Waals surface area contributed by atoms with Gasteiger partial charge >= 0.3 is 0 Å². The Morgan fingerprint density at radius 1 is 0.976 bits per heavy atom. The van der Waals surface area contributed by atoms with Crippen LogP contribution in [0.4, 0.5) is 5.69 Å². The number of nitrogens with zero attached hydrogens (tertiary/aromatic N) is 2. The number of aryl methyl sites for hydroxylation is 2. The summed E-state index contributed by atoms with van der Waals surface area (Å²) >= 11 is 6.28. The summed E-state index contributed by atoms with van der Waals surface area (Å²) in [6, 6.07) is 17.5. The van der Waals surface area contributed by atoms with E-state index >= 15 is 0 Å². The Morgan fingerprint density at radius 2 is 1.61 bits per heavy atom. The summed E-state index contributed by atoms with van der Waals surface area (Å²) < 4.78 is 34.3. The third kappa shape index (κ3) is 8.01. The lowest BCUT2D eigenvalue weighted by Crippen LogP contribution is -2.52. The number of hydrogen-bond donors (Lipinski definition) is 1. The first-order chi connectivity index (χ1) is 19.4. The van der Waals surface area contributed by atoms with Gasteiger partial charge in [-0.2, -0.15) is 0 Å². The maximum Gasteiger partial charge on any atom is 0.264 e. The molecule has 3 rings (SSSR count). The molecule has 0 aromatic heterocycles. The zero-order valence-corrected chi connectivity index (χ0v) is 25.9. The molecule has 0 heterocycles. The van der Waals surface area contributed by atoms with Gasteiger partial charge in [0.1, 0.15) is 18.3 Å². The maximum atomic E-state index is 14.1. The molecule has 220 valence electrons. The van der Waals surface area contributed by atoms with Crippen molar-refractivity contribution in [2.45, 2.75) is 64.6 Å². The van der Waals surface area contributed by atoms with E-state index in [1.807, 2.05) is 20.8 Å². The van der Waals surface area contributed by atoms with Crippen molar-refractivity contribution in [1.29, 1.82) is 0 Å². The Labute approximate surface area is 248 Å². The highest BCUT2D eigenvalue weighted by atomic mass is 35.5. The second-order valence-electron chi connectivity index (χ2n) is 10.1. The lowest BCUT2D eigenvalue weighted by atomic mass is 10.1. The molecule has 10 heteroatoms. The summed E-state index contributed by atoms with van der Waals surface area (Å²) in [5.41, 5.74) is 2.57. The van der Waals surface area contributed by atoms with Crippen LogP contribution >= 0.6 is 11.6 Å². The van der Waals surface area contributed by atoms with Gasteiger partial charge in [-0.15, -0.1) is 0 Å². The SMILES string of the molecule is CC[C@H](C)NC(=O)[C@H](C)N(Cc1ccc(OC)cc1)C(=O)CN(c1cc(Cl)ccc1C)S(=O)(=O)c1ccc(C)cc1. The number of halogens is 1. The van der Waals surface area contributed by atoms with Crippen LogP contribution in [0.5, 0.6) is 5.75 Å². The minimum Gasteiger partial charge on any atom is -0.497 e. The number of carbonyl (C=O) groups excluding carboxylic acids is 2. The van der Waals surface area contributed by atoms with Crippen LogP contribution in [0.2, 0.25) is 5.02 Å². The van der Waals surface area contributed by atoms with E-state index in [2.05, 4.69) is 5.32 Å². The smallest absolute Gasteiger partial charge is 0.264 e. The fourth-order valence-corrected chi connectivity index (χ4v) is 5.81. The zero-order chi connectivity index (χ0) is 30.3. The second kappa shape index (κ2) is 13.9. The van der Waals surface area contributed by atoms with Gasteiger partial charge in [-0.3, -0.25) is 13.9 Å². The highest BCUT2D eigenvalue weighted by molar-refractivity contribution is 7.92. The molecule has 0 unspecified atom stereocenters. The van der Waals surface area contributed by atoms with E-state index in [9.17, 15) is 18.0 Å². The fourth-order valence-electron chi connectivity index (χ4n) is 4.18. The first kappa shape index (κ1) is 32.0. The van der Waals surface area contributed by atoms with Crippen LogP contribution in [0, 0.1) is 13.8 Å². The van der Waals surface area contributed by atoms with Crippen molar-refractivity contribution >= 4 is 39.1 Å². The van der Waals surface area contributed by atoms with Gasteiger partial charge in [0.15, 0.2) is 0 Å². The average Bonchev–Trinajstić information content (AvgIpc) is 2.95. The molecule has 2 atom stereocenters. The molecule has 0 saturated carbocycles. The third-order valence-corrected chi connectivity index (χ3v) is 9.02. The lowest BCUT2D eigenvalue weighted by molar-refractivity contribution is -0.139. The standard InChI is InChI=1S/C31H38ClN3O5S/c1-7-23(4)33-31(37)24(5)34(19-25-11-14-27(40-6)15-12-25)30(36)20-35(29-18-26(32)13-10-22(29)3)41(38,39)28-16-8-21(2)9-17-28/h8-18,23-24H,7,19-20H2,1-6H3,(H,33,37)/t23-,24-/m0/s1. The third-order valence-electron chi connectivity index (χ3n) is 7.01. The van der Waals surface area contributed by atoms with Crippen LogP contribution in [0.25, 0.3) is 0 Å². The topological polar surface area (TPSA) is 96.0 Å². The first-order valence-corrected chi connectivity index (χ1v) is 15.3. The van der Waals surface area contributed by atoms with Crippen molar-refractivity contribution in [2.75, 3.05) is 18.0 Å². The summed E-state index contributed by atoms with van der Waals surface area (Å²) in [5.74, 6) is -0.211. The van der Waals surface area contributed by atoms with Crippen molar-refractivity contribution in [3.05, 3.63) is 88.4 Å². The van der Waals surface area contributed by atoms with Gasteiger partial charge in [0.05, 0.1) is 17.7 Å². The van der Waals surface area contributed by atoms with Crippen LogP contribution in [-0.4, -0.2) is 50.9 Å². The van der Waals surface area contributed by atoms with Gasteiger partial charge in [0.2, 0.25) is 11.8 Å². The fraction of sp³-hybridized carbons (Fsp3) is 0.355. The van der Waals surface area contributed by atoms with Gasteiger partial charge in [-0.25, -0.2) is 8.42 Å². The Morgan fingerprint density at radius 3 is 2.20 bits per heavy atom. The number of amides is 2. The van der Waals surface area contributed by atoms with E-state index in [1.54, 1.807) is 69.5 Å². The maximum absolute atomic E-state index is 14.1. The molecule has 0 spiro atoms. The summed E-state index contributed by atoms with van der Waals surface area (Å²) in [5, 5.41) is 3.26. The van der Waals surface area contributed by atoms with Crippen molar-refractivity contribution in [3.8, 4) is 5.75 Å². The largest absolute Gasteiger partial charge is 0.497 e. The number of benzene rings is 3. The second-order valence-corrected chi connectivity index (χ2v) is 12.4. The molecule has 3 aromatic rings. The number of carbonyl (C=O) groups is 2. The number of rotatable bonds is 12. The molecule has 41 heavy (non-hydrogen) atoms. The van der Waals surface area contributed by atoms with E-state index < -0.39 is 28.5 Å². The Balaban J connectivity index is 2.06. The number of nitrogens with one attached hydrogen (secondary N) is 1. The lowest BCUT2D eigenvalue weighted by Gasteiger charge is -2.33. The molecule has 3 aromatic carbocycles. The number of ether oxygens (including phenoxy) is 1. The zero-order valence-electron chi connectivity index (χ0n) is 24.3. The molecule has 0 saturated heterocycles. The molecule has 2 amide bonds. The summed E-state index contributed by atoms with van der Waals surface area (Å²) in [7, 11) is -2.62. The number of anilines is 1. The van der Waals surface area contributed by atoms with Crippen LogP contribution in [0.3, 0.4) is 0 Å². The van der Waals surface area contributed by atoms with Crippen LogP contribution in [0.15, 0.2) is 71.6 Å². The molecular weight excluding hydrogens is 562 g/mol. The number of hydrogen-bond acceptors (Lipinski definition) is 5. The molecule has 0 bridgehead atoms. The average molecular weight is 600 g/mol. The van der Waals surface area contributed by atoms with E-state index in [0.717, 1.165) is 21.9 Å². The van der Waals surface area contributed by atoms with Gasteiger partial charge in [-0.05, 0) is 81.6 Å². The minimum atomic E-state index is -4.18. The predicted octanol–water partition coefficient (Wildman–Crippen LogP) is 5.49. The molecule has 0 radical (unpaired) electrons. The Bertz CT molecular complexity index is 1460. The summed E-state index contributed by atoms with van der Waals surface area (Å²) in [6.45, 7) is 8.66. The van der Waals surface area contributed by atoms with Crippen LogP contribution < -0.4 is 14.4 Å². The Hall–Kier alpha value is -3.56. The van der Waals surface area contributed by atoms with E-state index in [1.165, 1.54) is 23.1 Å². The van der Waals surface area contributed by atoms with Gasteiger partial charge in [0.25, 0.3) is 10.0 Å².